The molecule has 0 unspecified atom stereocenters. The van der Waals surface area contributed by atoms with Crippen LogP contribution in [0, 0.1) is 0 Å². The van der Waals surface area contributed by atoms with Gasteiger partial charge in [0.1, 0.15) is 0 Å². The molecule has 108 valence electrons. The number of carbonyl (C=O) groups is 1. The predicted molar refractivity (Wildman–Crippen MR) is 82.5 cm³/mol. The quantitative estimate of drug-likeness (QED) is 0.679. The highest BCUT2D eigenvalue weighted by atomic mass is 32.2. The molecule has 6 heteroatoms. The van der Waals surface area contributed by atoms with Crippen molar-refractivity contribution in [2.45, 2.75) is 0 Å². The van der Waals surface area contributed by atoms with Crippen LogP contribution < -0.4 is 4.72 Å². The number of benzene rings is 1. The maximum Gasteiger partial charge on any atom is 0.229 e. The molecule has 1 heterocycles. The Balaban J connectivity index is 2.08. The van der Waals surface area contributed by atoms with Gasteiger partial charge in [0.15, 0.2) is 5.78 Å². The van der Waals surface area contributed by atoms with Crippen LogP contribution >= 0.6 is 0 Å². The summed E-state index contributed by atoms with van der Waals surface area (Å²) in [6.07, 6.45) is 7.52. The average molecular weight is 302 g/mol. The lowest BCUT2D eigenvalue weighted by atomic mass is 10.1. The summed E-state index contributed by atoms with van der Waals surface area (Å²) in [6.45, 7) is 0. The molecule has 2 aromatic rings. The number of sulfonamides is 1. The number of carbonyl (C=O) groups excluding carboxylic acids is 1. The van der Waals surface area contributed by atoms with Gasteiger partial charge in [-0.2, -0.15) is 0 Å². The fraction of sp³-hybridized carbons (Fsp3) is 0.0667. The second-order valence-corrected chi connectivity index (χ2v) is 6.18. The zero-order valence-corrected chi connectivity index (χ0v) is 12.2. The van der Waals surface area contributed by atoms with Gasteiger partial charge < -0.3 is 0 Å². The molecule has 0 fully saturated rings. The number of hydrogen-bond acceptors (Lipinski definition) is 4. The van der Waals surface area contributed by atoms with Crippen LogP contribution in [-0.4, -0.2) is 25.4 Å². The first-order valence-corrected chi connectivity index (χ1v) is 8.03. The van der Waals surface area contributed by atoms with Crippen LogP contribution in [-0.2, 0) is 10.0 Å². The predicted octanol–water partition coefficient (Wildman–Crippen LogP) is 2.35. The van der Waals surface area contributed by atoms with E-state index in [1.165, 1.54) is 6.08 Å². The third kappa shape index (κ3) is 4.85. The molecule has 0 aliphatic heterocycles. The highest BCUT2D eigenvalue weighted by Crippen LogP contribution is 2.12. The maximum atomic E-state index is 12.0. The third-order valence-electron chi connectivity index (χ3n) is 2.58. The molecule has 2 rings (SSSR count). The third-order valence-corrected chi connectivity index (χ3v) is 3.19. The highest BCUT2D eigenvalue weighted by Gasteiger charge is 2.04. The average Bonchev–Trinajstić information content (AvgIpc) is 2.45. The summed E-state index contributed by atoms with van der Waals surface area (Å²) >= 11 is 0. The van der Waals surface area contributed by atoms with E-state index in [1.54, 1.807) is 48.8 Å². The number of allylic oxidation sites excluding steroid dienone is 1. The van der Waals surface area contributed by atoms with Crippen molar-refractivity contribution in [1.29, 1.82) is 0 Å². The summed E-state index contributed by atoms with van der Waals surface area (Å²) < 4.78 is 24.5. The van der Waals surface area contributed by atoms with Crippen molar-refractivity contribution < 1.29 is 13.2 Å². The molecular formula is C15H14N2O3S. The van der Waals surface area contributed by atoms with E-state index in [-0.39, 0.29) is 5.78 Å². The van der Waals surface area contributed by atoms with Gasteiger partial charge in [0.05, 0.1) is 6.26 Å². The summed E-state index contributed by atoms with van der Waals surface area (Å²) in [5.74, 6) is -0.162. The lowest BCUT2D eigenvalue weighted by Crippen LogP contribution is -2.09. The summed E-state index contributed by atoms with van der Waals surface area (Å²) in [4.78, 5) is 15.9. The Labute approximate surface area is 123 Å². The largest absolute Gasteiger partial charge is 0.289 e. The Kier molecular flexibility index (Phi) is 4.49. The van der Waals surface area contributed by atoms with Crippen LogP contribution in [0.2, 0.25) is 0 Å². The molecule has 5 nitrogen and oxygen atoms in total. The number of anilines is 1. The smallest absolute Gasteiger partial charge is 0.229 e. The zero-order valence-electron chi connectivity index (χ0n) is 11.4. The maximum absolute atomic E-state index is 12.0. The number of ketones is 1. The molecule has 0 bridgehead atoms. The Morgan fingerprint density at radius 3 is 2.48 bits per heavy atom. The minimum Gasteiger partial charge on any atom is -0.289 e. The first-order valence-electron chi connectivity index (χ1n) is 6.14. The van der Waals surface area contributed by atoms with Gasteiger partial charge in [0.2, 0.25) is 10.0 Å². The number of aromatic nitrogens is 1. The molecule has 1 aromatic heterocycles. The van der Waals surface area contributed by atoms with Gasteiger partial charge in [0.25, 0.3) is 0 Å². The molecule has 1 aromatic carbocycles. The van der Waals surface area contributed by atoms with Crippen LogP contribution in [0.3, 0.4) is 0 Å². The number of hydrogen-bond donors (Lipinski definition) is 1. The molecule has 0 amide bonds. The van der Waals surface area contributed by atoms with Crippen LogP contribution in [0.15, 0.2) is 54.9 Å². The van der Waals surface area contributed by atoms with Gasteiger partial charge in [-0.25, -0.2) is 8.42 Å². The number of rotatable bonds is 5. The first-order chi connectivity index (χ1) is 9.94. The van der Waals surface area contributed by atoms with Gasteiger partial charge in [-0.1, -0.05) is 6.07 Å². The van der Waals surface area contributed by atoms with Crippen molar-refractivity contribution in [2.75, 3.05) is 11.0 Å². The van der Waals surface area contributed by atoms with E-state index in [9.17, 15) is 13.2 Å². The van der Waals surface area contributed by atoms with E-state index < -0.39 is 10.0 Å². The second kappa shape index (κ2) is 6.32. The monoisotopic (exact) mass is 302 g/mol. The van der Waals surface area contributed by atoms with Gasteiger partial charge >= 0.3 is 0 Å². The molecule has 21 heavy (non-hydrogen) atoms. The minimum absolute atomic E-state index is 0.162. The fourth-order valence-electron chi connectivity index (χ4n) is 1.66. The number of pyridine rings is 1. The van der Waals surface area contributed by atoms with Crippen LogP contribution in [0.4, 0.5) is 5.69 Å². The van der Waals surface area contributed by atoms with E-state index in [4.69, 9.17) is 0 Å². The normalized spacial score (nSPS) is 11.5. The highest BCUT2D eigenvalue weighted by molar-refractivity contribution is 7.92. The van der Waals surface area contributed by atoms with E-state index in [1.807, 2.05) is 6.07 Å². The molecule has 0 radical (unpaired) electrons. The van der Waals surface area contributed by atoms with Crippen molar-refractivity contribution in [3.05, 3.63) is 66.0 Å². The second-order valence-electron chi connectivity index (χ2n) is 4.44. The Morgan fingerprint density at radius 2 is 1.90 bits per heavy atom. The van der Waals surface area contributed by atoms with E-state index in [0.717, 1.165) is 11.8 Å². The molecule has 0 spiro atoms. The molecule has 0 aliphatic rings. The summed E-state index contributed by atoms with van der Waals surface area (Å²) in [5.41, 5.74) is 1.74. The van der Waals surface area contributed by atoms with Gasteiger partial charge in [-0.15, -0.1) is 0 Å². The summed E-state index contributed by atoms with van der Waals surface area (Å²) in [7, 11) is -3.31. The van der Waals surface area contributed by atoms with Crippen molar-refractivity contribution in [3.8, 4) is 0 Å². The minimum atomic E-state index is -3.31. The van der Waals surface area contributed by atoms with Crippen molar-refractivity contribution in [3.63, 3.8) is 0 Å². The lowest BCUT2D eigenvalue weighted by molar-refractivity contribution is 0.104. The van der Waals surface area contributed by atoms with E-state index >= 15 is 0 Å². The van der Waals surface area contributed by atoms with E-state index in [2.05, 4.69) is 9.71 Å². The van der Waals surface area contributed by atoms with Gasteiger partial charge in [-0.3, -0.25) is 14.5 Å². The molecule has 0 saturated carbocycles. The van der Waals surface area contributed by atoms with Crippen LogP contribution in [0.25, 0.3) is 6.08 Å². The van der Waals surface area contributed by atoms with Crippen molar-refractivity contribution in [1.82, 2.24) is 4.98 Å². The first kappa shape index (κ1) is 14.9. The Bertz CT molecular complexity index is 751. The topological polar surface area (TPSA) is 76.1 Å². The van der Waals surface area contributed by atoms with Crippen LogP contribution in [0.5, 0.6) is 0 Å². The van der Waals surface area contributed by atoms with E-state index in [0.29, 0.717) is 11.3 Å². The lowest BCUT2D eigenvalue weighted by Gasteiger charge is -2.03. The van der Waals surface area contributed by atoms with Gasteiger partial charge in [-0.05, 0) is 48.0 Å². The molecular weight excluding hydrogens is 288 g/mol. The summed E-state index contributed by atoms with van der Waals surface area (Å²) in [6, 6.07) is 9.87. The van der Waals surface area contributed by atoms with Crippen molar-refractivity contribution >= 4 is 27.6 Å². The van der Waals surface area contributed by atoms with Crippen molar-refractivity contribution in [2.24, 2.45) is 0 Å². The molecule has 0 saturated heterocycles. The fourth-order valence-corrected chi connectivity index (χ4v) is 2.22. The molecule has 0 atom stereocenters. The number of nitrogens with one attached hydrogen (secondary N) is 1. The number of nitrogens with zero attached hydrogens (tertiary/aromatic N) is 1. The van der Waals surface area contributed by atoms with Crippen LogP contribution in [0.1, 0.15) is 15.9 Å². The Morgan fingerprint density at radius 1 is 1.19 bits per heavy atom. The standard InChI is InChI=1S/C15H14N2O3S/c1-21(19,20)17-14-7-5-13(6-8-14)15(18)9-4-12-3-2-10-16-11-12/h2-11,17H,1H3/b9-4-. The SMILES string of the molecule is CS(=O)(=O)Nc1ccc(C(=O)/C=C\c2cccnc2)cc1. The summed E-state index contributed by atoms with van der Waals surface area (Å²) in [5, 5.41) is 0. The molecule has 0 aliphatic carbocycles. The zero-order chi connectivity index (χ0) is 15.3. The Hall–Kier alpha value is -2.47. The van der Waals surface area contributed by atoms with Gasteiger partial charge in [0, 0.05) is 23.6 Å². The molecule has 1 N–H and O–H groups in total.